The summed E-state index contributed by atoms with van der Waals surface area (Å²) in [7, 11) is 0.616. The number of hydrogen-bond acceptors (Lipinski definition) is 2. The number of hydrogen-bond donors (Lipinski definition) is 0. The molecule has 2 fully saturated rings. The Morgan fingerprint density at radius 2 is 1.33 bits per heavy atom. The second-order valence-corrected chi connectivity index (χ2v) is 8.55. The summed E-state index contributed by atoms with van der Waals surface area (Å²) in [6.45, 7) is 5.78. The van der Waals surface area contributed by atoms with Crippen LogP contribution in [0, 0.1) is 0 Å². The molecule has 2 heterocycles. The number of nitrogens with zero attached hydrogens (tertiary/aromatic N) is 2. The van der Waals surface area contributed by atoms with Crippen LogP contribution in [-0.2, 0) is 0 Å². The van der Waals surface area contributed by atoms with E-state index in [1.165, 1.54) is 26.2 Å². The molecular formula is C5H14N2Si2. The van der Waals surface area contributed by atoms with Crippen LogP contribution in [0.3, 0.4) is 0 Å². The van der Waals surface area contributed by atoms with Gasteiger partial charge in [0.05, 0.1) is 19.4 Å². The smallest absolute Gasteiger partial charge is 0.0933 e. The summed E-state index contributed by atoms with van der Waals surface area (Å²) < 4.78 is 5.33. The predicted molar refractivity (Wildman–Crippen MR) is 45.0 cm³/mol. The molecule has 9 heavy (non-hydrogen) atoms. The SMILES string of the molecule is C([SiH2]N1CC1)[SiH2]N1CC1. The molecule has 2 saturated heterocycles. The Morgan fingerprint density at radius 1 is 0.889 bits per heavy atom. The third kappa shape index (κ3) is 2.21. The highest BCUT2D eigenvalue weighted by molar-refractivity contribution is 6.53. The van der Waals surface area contributed by atoms with Crippen LogP contribution in [0.4, 0.5) is 0 Å². The lowest BCUT2D eigenvalue weighted by atomic mass is 11.0. The van der Waals surface area contributed by atoms with Crippen molar-refractivity contribution in [2.75, 3.05) is 26.2 Å². The fourth-order valence-electron chi connectivity index (χ4n) is 1.11. The fraction of sp³-hybridized carbons (Fsp3) is 1.00. The fourth-order valence-corrected chi connectivity index (χ4v) is 6.43. The summed E-state index contributed by atoms with van der Waals surface area (Å²) in [5.74, 6) is 0. The second kappa shape index (κ2) is 2.53. The zero-order valence-corrected chi connectivity index (χ0v) is 8.67. The van der Waals surface area contributed by atoms with Gasteiger partial charge in [0.1, 0.15) is 0 Å². The Morgan fingerprint density at radius 3 is 1.67 bits per heavy atom. The molecule has 4 heteroatoms. The van der Waals surface area contributed by atoms with E-state index in [1.54, 1.807) is 5.67 Å². The molecule has 52 valence electrons. The first kappa shape index (κ1) is 6.09. The van der Waals surface area contributed by atoms with Crippen LogP contribution in [0.25, 0.3) is 0 Å². The molecule has 2 nitrogen and oxygen atoms in total. The zero-order valence-electron chi connectivity index (χ0n) is 5.84. The first-order chi connectivity index (χ1) is 4.45. The van der Waals surface area contributed by atoms with Crippen molar-refractivity contribution in [3.63, 3.8) is 0 Å². The van der Waals surface area contributed by atoms with Crippen molar-refractivity contribution in [2.24, 2.45) is 0 Å². The molecule has 0 bridgehead atoms. The van der Waals surface area contributed by atoms with Crippen molar-refractivity contribution in [1.82, 2.24) is 9.13 Å². The van der Waals surface area contributed by atoms with Gasteiger partial charge in [0.15, 0.2) is 0 Å². The second-order valence-electron chi connectivity index (χ2n) is 3.04. The molecule has 0 spiro atoms. The van der Waals surface area contributed by atoms with E-state index in [1.807, 2.05) is 0 Å². The van der Waals surface area contributed by atoms with Gasteiger partial charge in [-0.2, -0.15) is 0 Å². The van der Waals surface area contributed by atoms with Crippen LogP contribution in [-0.4, -0.2) is 54.7 Å². The van der Waals surface area contributed by atoms with E-state index in [0.29, 0.717) is 19.4 Å². The molecule has 0 amide bonds. The van der Waals surface area contributed by atoms with Crippen molar-refractivity contribution in [3.8, 4) is 0 Å². The zero-order chi connectivity index (χ0) is 6.10. The summed E-state index contributed by atoms with van der Waals surface area (Å²) in [4.78, 5) is 0. The maximum Gasteiger partial charge on any atom is 0.0933 e. The molecule has 0 aromatic carbocycles. The predicted octanol–water partition coefficient (Wildman–Crippen LogP) is -1.84. The van der Waals surface area contributed by atoms with Gasteiger partial charge < -0.3 is 9.13 Å². The molecule has 0 radical (unpaired) electrons. The van der Waals surface area contributed by atoms with E-state index in [4.69, 9.17) is 0 Å². The van der Waals surface area contributed by atoms with Crippen LogP contribution in [0.1, 0.15) is 0 Å². The average molecular weight is 158 g/mol. The van der Waals surface area contributed by atoms with Gasteiger partial charge >= 0.3 is 0 Å². The topological polar surface area (TPSA) is 6.02 Å². The molecule has 0 aromatic rings. The first-order valence-electron chi connectivity index (χ1n) is 3.90. The lowest BCUT2D eigenvalue weighted by molar-refractivity contribution is 0.879. The summed E-state index contributed by atoms with van der Waals surface area (Å²) in [6, 6.07) is 0. The van der Waals surface area contributed by atoms with Crippen molar-refractivity contribution in [3.05, 3.63) is 0 Å². The highest BCUT2D eigenvalue weighted by Gasteiger charge is 2.20. The summed E-state index contributed by atoms with van der Waals surface area (Å²) >= 11 is 0. The minimum absolute atomic E-state index is 0.308. The summed E-state index contributed by atoms with van der Waals surface area (Å²) in [5.41, 5.74) is 1.67. The van der Waals surface area contributed by atoms with Gasteiger partial charge in [-0.15, -0.1) is 0 Å². The minimum Gasteiger partial charge on any atom is -0.327 e. The van der Waals surface area contributed by atoms with Gasteiger partial charge in [0.25, 0.3) is 0 Å². The average Bonchev–Trinajstić information content (AvgIpc) is 2.57. The van der Waals surface area contributed by atoms with Gasteiger partial charge in [-0.25, -0.2) is 0 Å². The van der Waals surface area contributed by atoms with Gasteiger partial charge in [-0.05, 0) is 5.67 Å². The van der Waals surface area contributed by atoms with Crippen LogP contribution in [0.5, 0.6) is 0 Å². The third-order valence-electron chi connectivity index (χ3n) is 2.03. The molecular weight excluding hydrogens is 144 g/mol. The van der Waals surface area contributed by atoms with Crippen molar-refractivity contribution in [1.29, 1.82) is 0 Å². The standard InChI is InChI=1S/C5H14N2Si2/c1-2-6(1)8-5-9-7-3-4-7/h1-5,8-9H2. The third-order valence-corrected chi connectivity index (χ3v) is 7.09. The Labute approximate surface area is 61.0 Å². The molecule has 2 aliphatic heterocycles. The van der Waals surface area contributed by atoms with E-state index in [-0.39, 0.29) is 0 Å². The van der Waals surface area contributed by atoms with Crippen molar-refractivity contribution >= 4 is 19.4 Å². The number of rotatable bonds is 4. The van der Waals surface area contributed by atoms with Crippen LogP contribution >= 0.6 is 0 Å². The van der Waals surface area contributed by atoms with E-state index >= 15 is 0 Å². The normalized spacial score (nSPS) is 29.3. The Kier molecular flexibility index (Phi) is 1.71. The van der Waals surface area contributed by atoms with Crippen LogP contribution in [0.2, 0.25) is 5.67 Å². The first-order valence-corrected chi connectivity index (χ1v) is 7.16. The summed E-state index contributed by atoms with van der Waals surface area (Å²) in [5, 5.41) is 0. The van der Waals surface area contributed by atoms with E-state index in [2.05, 4.69) is 9.13 Å². The van der Waals surface area contributed by atoms with E-state index < -0.39 is 0 Å². The molecule has 0 aromatic heterocycles. The van der Waals surface area contributed by atoms with Gasteiger partial charge in [-0.3, -0.25) is 0 Å². The summed E-state index contributed by atoms with van der Waals surface area (Å²) in [6.07, 6.45) is 0. The van der Waals surface area contributed by atoms with E-state index in [0.717, 1.165) is 0 Å². The van der Waals surface area contributed by atoms with Gasteiger partial charge in [-0.1, -0.05) is 0 Å². The van der Waals surface area contributed by atoms with Gasteiger partial charge in [0, 0.05) is 26.2 Å². The minimum atomic E-state index is 0.308. The lowest BCUT2D eigenvalue weighted by Gasteiger charge is -1.97. The van der Waals surface area contributed by atoms with Crippen molar-refractivity contribution < 1.29 is 0 Å². The molecule has 0 aliphatic carbocycles. The maximum absolute atomic E-state index is 2.66. The van der Waals surface area contributed by atoms with Crippen molar-refractivity contribution in [2.45, 2.75) is 5.67 Å². The lowest BCUT2D eigenvalue weighted by Crippen LogP contribution is -2.12. The molecule has 0 unspecified atom stereocenters. The molecule has 0 atom stereocenters. The Hall–Kier alpha value is 0.354. The highest BCUT2D eigenvalue weighted by atomic mass is 28.3. The van der Waals surface area contributed by atoms with Crippen LogP contribution < -0.4 is 0 Å². The largest absolute Gasteiger partial charge is 0.327 e. The molecule has 2 aliphatic rings. The monoisotopic (exact) mass is 158 g/mol. The van der Waals surface area contributed by atoms with Gasteiger partial charge in [0.2, 0.25) is 0 Å². The molecule has 2 rings (SSSR count). The molecule has 0 N–H and O–H groups in total. The molecule has 0 saturated carbocycles. The maximum atomic E-state index is 2.66. The van der Waals surface area contributed by atoms with E-state index in [9.17, 15) is 0 Å². The Bertz CT molecular complexity index is 89.1. The highest BCUT2D eigenvalue weighted by Crippen LogP contribution is 2.05. The Balaban J connectivity index is 1.46. The van der Waals surface area contributed by atoms with Crippen LogP contribution in [0.15, 0.2) is 0 Å². The quantitative estimate of drug-likeness (QED) is 0.350.